The normalized spacial score (nSPS) is 11.7. The Morgan fingerprint density at radius 2 is 2.00 bits per heavy atom. The molecule has 1 unspecified atom stereocenters. The maximum atomic E-state index is 12.1. The number of nitrogens with one attached hydrogen (secondary N) is 1. The molecule has 0 heterocycles. The average molecular weight is 273 g/mol. The fourth-order valence-corrected chi connectivity index (χ4v) is 1.71. The number of carbonyl (C=O) groups excluding carboxylic acids is 1. The molecule has 0 bridgehead atoms. The molecule has 0 aliphatic carbocycles. The first-order valence-corrected chi connectivity index (χ1v) is 6.96. The van der Waals surface area contributed by atoms with Gasteiger partial charge in [-0.1, -0.05) is 32.6 Å². The van der Waals surface area contributed by atoms with Gasteiger partial charge in [0.1, 0.15) is 0 Å². The maximum absolute atomic E-state index is 12.1. The summed E-state index contributed by atoms with van der Waals surface area (Å²) in [5, 5.41) is 11.7. The van der Waals surface area contributed by atoms with E-state index in [0.29, 0.717) is 12.3 Å². The SMILES string of the molecule is Cc1cc(C#CCCO)cc(NC(=O)C(C)C(C)C)c1. The van der Waals surface area contributed by atoms with Crippen molar-refractivity contribution >= 4 is 11.6 Å². The van der Waals surface area contributed by atoms with Crippen LogP contribution in [0.25, 0.3) is 0 Å². The molecule has 0 aliphatic rings. The first-order valence-electron chi connectivity index (χ1n) is 6.96. The molecule has 0 radical (unpaired) electrons. The number of hydrogen-bond donors (Lipinski definition) is 2. The van der Waals surface area contributed by atoms with E-state index in [0.717, 1.165) is 16.8 Å². The molecule has 1 aromatic carbocycles. The summed E-state index contributed by atoms with van der Waals surface area (Å²) < 4.78 is 0. The first-order chi connectivity index (χ1) is 9.43. The molecule has 3 nitrogen and oxygen atoms in total. The average Bonchev–Trinajstić information content (AvgIpc) is 2.37. The highest BCUT2D eigenvalue weighted by Gasteiger charge is 2.16. The summed E-state index contributed by atoms with van der Waals surface area (Å²) in [7, 11) is 0. The molecular formula is C17H23NO2. The van der Waals surface area contributed by atoms with Gasteiger partial charge >= 0.3 is 0 Å². The van der Waals surface area contributed by atoms with E-state index in [2.05, 4.69) is 17.2 Å². The third kappa shape index (κ3) is 5.07. The molecule has 2 N–H and O–H groups in total. The predicted octanol–water partition coefficient (Wildman–Crippen LogP) is 2.96. The maximum Gasteiger partial charge on any atom is 0.227 e. The zero-order valence-corrected chi connectivity index (χ0v) is 12.7. The third-order valence-electron chi connectivity index (χ3n) is 3.23. The Balaban J connectivity index is 2.86. The number of aliphatic hydroxyl groups is 1. The third-order valence-corrected chi connectivity index (χ3v) is 3.23. The van der Waals surface area contributed by atoms with Gasteiger partial charge in [-0.25, -0.2) is 0 Å². The van der Waals surface area contributed by atoms with Crippen LogP contribution in [-0.2, 0) is 4.79 Å². The summed E-state index contributed by atoms with van der Waals surface area (Å²) in [6.45, 7) is 8.03. The van der Waals surface area contributed by atoms with Gasteiger partial charge in [-0.15, -0.1) is 0 Å². The van der Waals surface area contributed by atoms with Crippen LogP contribution in [0.15, 0.2) is 18.2 Å². The Hall–Kier alpha value is -1.79. The van der Waals surface area contributed by atoms with Crippen molar-refractivity contribution in [3.63, 3.8) is 0 Å². The number of benzene rings is 1. The second-order valence-electron chi connectivity index (χ2n) is 5.39. The van der Waals surface area contributed by atoms with E-state index in [1.807, 2.05) is 45.9 Å². The lowest BCUT2D eigenvalue weighted by Gasteiger charge is -2.15. The van der Waals surface area contributed by atoms with E-state index < -0.39 is 0 Å². The van der Waals surface area contributed by atoms with Crippen LogP contribution in [0, 0.1) is 30.6 Å². The van der Waals surface area contributed by atoms with Gasteiger partial charge in [0.15, 0.2) is 0 Å². The molecular weight excluding hydrogens is 250 g/mol. The van der Waals surface area contributed by atoms with E-state index in [4.69, 9.17) is 5.11 Å². The molecule has 1 atom stereocenters. The highest BCUT2D eigenvalue weighted by molar-refractivity contribution is 5.92. The van der Waals surface area contributed by atoms with Gasteiger partial charge in [0.05, 0.1) is 6.61 Å². The monoisotopic (exact) mass is 273 g/mol. The van der Waals surface area contributed by atoms with Crippen LogP contribution in [0.5, 0.6) is 0 Å². The van der Waals surface area contributed by atoms with Gasteiger partial charge in [-0.3, -0.25) is 4.79 Å². The Kier molecular flexibility index (Phi) is 6.27. The molecule has 20 heavy (non-hydrogen) atoms. The lowest BCUT2D eigenvalue weighted by molar-refractivity contribution is -0.120. The Bertz CT molecular complexity index is 524. The predicted molar refractivity (Wildman–Crippen MR) is 82.4 cm³/mol. The highest BCUT2D eigenvalue weighted by atomic mass is 16.2. The van der Waals surface area contributed by atoms with Crippen LogP contribution in [0.2, 0.25) is 0 Å². The molecule has 108 valence electrons. The van der Waals surface area contributed by atoms with E-state index in [1.54, 1.807) is 0 Å². The standard InChI is InChI=1S/C17H23NO2/c1-12(2)14(4)17(20)18-16-10-13(3)9-15(11-16)7-5-6-8-19/h9-12,14,19H,6,8H2,1-4H3,(H,18,20). The lowest BCUT2D eigenvalue weighted by Crippen LogP contribution is -2.24. The van der Waals surface area contributed by atoms with Gasteiger partial charge < -0.3 is 10.4 Å². The van der Waals surface area contributed by atoms with Crippen LogP contribution in [0.4, 0.5) is 5.69 Å². The molecule has 0 fully saturated rings. The van der Waals surface area contributed by atoms with E-state index >= 15 is 0 Å². The topological polar surface area (TPSA) is 49.3 Å². The number of aliphatic hydroxyl groups excluding tert-OH is 1. The molecule has 0 saturated carbocycles. The summed E-state index contributed by atoms with van der Waals surface area (Å²) in [6.07, 6.45) is 0.458. The van der Waals surface area contributed by atoms with Crippen molar-refractivity contribution in [1.29, 1.82) is 0 Å². The minimum Gasteiger partial charge on any atom is -0.395 e. The van der Waals surface area contributed by atoms with E-state index in [-0.39, 0.29) is 18.4 Å². The van der Waals surface area contributed by atoms with Crippen molar-refractivity contribution in [3.05, 3.63) is 29.3 Å². The van der Waals surface area contributed by atoms with E-state index in [9.17, 15) is 4.79 Å². The van der Waals surface area contributed by atoms with Crippen LogP contribution in [0.1, 0.15) is 38.3 Å². The van der Waals surface area contributed by atoms with Crippen LogP contribution in [-0.4, -0.2) is 17.6 Å². The van der Waals surface area contributed by atoms with Gasteiger partial charge in [0.2, 0.25) is 5.91 Å². The number of carbonyl (C=O) groups is 1. The van der Waals surface area contributed by atoms with Gasteiger partial charge in [-0.05, 0) is 36.6 Å². The highest BCUT2D eigenvalue weighted by Crippen LogP contribution is 2.17. The quantitative estimate of drug-likeness (QED) is 0.829. The van der Waals surface area contributed by atoms with Crippen LogP contribution in [0.3, 0.4) is 0 Å². The van der Waals surface area contributed by atoms with Crippen molar-refractivity contribution in [2.75, 3.05) is 11.9 Å². The van der Waals surface area contributed by atoms with Gasteiger partial charge in [0.25, 0.3) is 0 Å². The van der Waals surface area contributed by atoms with Crippen molar-refractivity contribution in [1.82, 2.24) is 0 Å². The zero-order valence-electron chi connectivity index (χ0n) is 12.7. The van der Waals surface area contributed by atoms with Crippen LogP contribution >= 0.6 is 0 Å². The molecule has 0 saturated heterocycles. The number of rotatable bonds is 4. The zero-order chi connectivity index (χ0) is 15.1. The second-order valence-corrected chi connectivity index (χ2v) is 5.39. The Morgan fingerprint density at radius 3 is 2.60 bits per heavy atom. The molecule has 0 spiro atoms. The fourth-order valence-electron chi connectivity index (χ4n) is 1.71. The smallest absolute Gasteiger partial charge is 0.227 e. The molecule has 1 rings (SSSR count). The van der Waals surface area contributed by atoms with Gasteiger partial charge in [-0.2, -0.15) is 0 Å². The molecule has 1 amide bonds. The number of aryl methyl sites for hydroxylation is 1. The summed E-state index contributed by atoms with van der Waals surface area (Å²) in [5.41, 5.74) is 2.68. The lowest BCUT2D eigenvalue weighted by atomic mass is 9.97. The summed E-state index contributed by atoms with van der Waals surface area (Å²) >= 11 is 0. The second kappa shape index (κ2) is 7.72. The van der Waals surface area contributed by atoms with Crippen molar-refractivity contribution in [2.24, 2.45) is 11.8 Å². The number of anilines is 1. The molecule has 0 aliphatic heterocycles. The van der Waals surface area contributed by atoms with Crippen molar-refractivity contribution in [3.8, 4) is 11.8 Å². The summed E-state index contributed by atoms with van der Waals surface area (Å²) in [6, 6.07) is 5.76. The summed E-state index contributed by atoms with van der Waals surface area (Å²) in [4.78, 5) is 12.1. The largest absolute Gasteiger partial charge is 0.395 e. The Labute approximate surface area is 121 Å². The first kappa shape index (κ1) is 16.3. The molecule has 0 aromatic heterocycles. The minimum absolute atomic E-state index is 0.0277. The fraction of sp³-hybridized carbons (Fsp3) is 0.471. The van der Waals surface area contributed by atoms with Gasteiger partial charge in [0, 0.05) is 23.6 Å². The Morgan fingerprint density at radius 1 is 1.30 bits per heavy atom. The summed E-state index contributed by atoms with van der Waals surface area (Å²) in [5.74, 6) is 6.19. The van der Waals surface area contributed by atoms with Crippen molar-refractivity contribution < 1.29 is 9.90 Å². The number of hydrogen-bond acceptors (Lipinski definition) is 2. The van der Waals surface area contributed by atoms with Crippen molar-refractivity contribution in [2.45, 2.75) is 34.1 Å². The van der Waals surface area contributed by atoms with E-state index in [1.165, 1.54) is 0 Å². The molecule has 1 aromatic rings. The van der Waals surface area contributed by atoms with Crippen LogP contribution < -0.4 is 5.32 Å². The minimum atomic E-state index is -0.0283. The number of amides is 1. The molecule has 3 heteroatoms.